The van der Waals surface area contributed by atoms with Crippen LogP contribution in [0.1, 0.15) is 91.9 Å². The summed E-state index contributed by atoms with van der Waals surface area (Å²) in [6.07, 6.45) is 12.9. The first-order valence-corrected chi connectivity index (χ1v) is 14.2. The van der Waals surface area contributed by atoms with Gasteiger partial charge in [0.05, 0.1) is 16.8 Å². The molecule has 0 spiro atoms. The van der Waals surface area contributed by atoms with Gasteiger partial charge in [-0.05, 0) is 67.5 Å². The Balaban J connectivity index is 1.72. The molecule has 5 N–H and O–H groups in total. The Bertz CT molecular complexity index is 1300. The Morgan fingerprint density at radius 2 is 1.85 bits per heavy atom. The molecule has 4 rings (SSSR count). The summed E-state index contributed by atoms with van der Waals surface area (Å²) in [5.41, 5.74) is 11.8. The zero-order chi connectivity index (χ0) is 28.3. The molecule has 1 aliphatic rings. The predicted molar refractivity (Wildman–Crippen MR) is 159 cm³/mol. The lowest BCUT2D eigenvalue weighted by Gasteiger charge is -2.34. The van der Waals surface area contributed by atoms with Crippen LogP contribution in [-0.4, -0.2) is 27.7 Å². The number of aliphatic carboxylic acids is 1. The molecule has 1 aromatic heterocycles. The highest BCUT2D eigenvalue weighted by Gasteiger charge is 2.40. The van der Waals surface area contributed by atoms with Gasteiger partial charge in [-0.3, -0.25) is 4.79 Å². The third-order valence-corrected chi connectivity index (χ3v) is 8.79. The number of carbonyl (C=O) groups is 1. The van der Waals surface area contributed by atoms with Gasteiger partial charge in [0.25, 0.3) is 0 Å². The van der Waals surface area contributed by atoms with Gasteiger partial charge in [-0.15, -0.1) is 0 Å². The van der Waals surface area contributed by atoms with Crippen LogP contribution in [0.3, 0.4) is 0 Å². The number of nitrogens with two attached hydrogens (primary N) is 2. The average Bonchev–Trinajstić information content (AvgIpc) is 3.14. The molecular formula is C32H45N5O2. The van der Waals surface area contributed by atoms with Crippen LogP contribution in [0.5, 0.6) is 0 Å². The highest BCUT2D eigenvalue weighted by molar-refractivity contribution is 5.78. The number of hydrogen-bond donors (Lipinski definition) is 3. The van der Waals surface area contributed by atoms with E-state index in [9.17, 15) is 9.90 Å². The number of hydrogen-bond acceptors (Lipinski definition) is 5. The largest absolute Gasteiger partial charge is 0.481 e. The second-order valence-electron chi connectivity index (χ2n) is 12.0. The van der Waals surface area contributed by atoms with Gasteiger partial charge in [-0.2, -0.15) is 0 Å². The van der Waals surface area contributed by atoms with Crippen molar-refractivity contribution >= 4 is 17.3 Å². The molecule has 0 radical (unpaired) electrons. The van der Waals surface area contributed by atoms with Gasteiger partial charge in [-0.1, -0.05) is 62.8 Å². The SMILES string of the molecule is Cc1ccc(C(c2ccc(N(C)N)c(N)c2C)C(C)(C)C(=O)O)cc1Cn1ccnc1CC1CCCCCC1. The number of carboxylic acid groups (broad SMARTS) is 1. The molecule has 210 valence electrons. The molecule has 1 atom stereocenters. The average molecular weight is 532 g/mol. The van der Waals surface area contributed by atoms with Crippen LogP contribution >= 0.6 is 0 Å². The van der Waals surface area contributed by atoms with E-state index in [1.807, 2.05) is 25.3 Å². The van der Waals surface area contributed by atoms with E-state index < -0.39 is 17.3 Å². The van der Waals surface area contributed by atoms with Crippen LogP contribution in [0, 0.1) is 25.2 Å². The van der Waals surface area contributed by atoms with Crippen LogP contribution in [0.15, 0.2) is 42.7 Å². The number of nitrogen functional groups attached to an aromatic ring is 1. The molecule has 1 fully saturated rings. The molecule has 1 heterocycles. The number of anilines is 2. The Labute approximate surface area is 233 Å². The molecule has 1 saturated carbocycles. The van der Waals surface area contributed by atoms with Gasteiger partial charge in [0.1, 0.15) is 5.82 Å². The van der Waals surface area contributed by atoms with Crippen molar-refractivity contribution in [3.8, 4) is 0 Å². The van der Waals surface area contributed by atoms with Crippen molar-refractivity contribution in [3.63, 3.8) is 0 Å². The zero-order valence-electron chi connectivity index (χ0n) is 24.2. The number of aryl methyl sites for hydroxylation is 1. The Kier molecular flexibility index (Phi) is 8.70. The Hall–Kier alpha value is -3.32. The number of hydrazine groups is 1. The third kappa shape index (κ3) is 6.14. The molecular weight excluding hydrogens is 486 g/mol. The highest BCUT2D eigenvalue weighted by Crippen LogP contribution is 2.45. The van der Waals surface area contributed by atoms with Crippen molar-refractivity contribution < 1.29 is 9.90 Å². The van der Waals surface area contributed by atoms with Gasteiger partial charge >= 0.3 is 5.97 Å². The molecule has 3 aromatic rings. The minimum absolute atomic E-state index is 0.401. The standard InChI is InChI=1S/C32H45N5O2/c1-21-12-13-24(19-25(21)20-37-17-16-35-28(37)18-23-10-8-6-7-9-11-23)29(32(3,4)31(38)39)26-14-15-27(36(5)34)30(33)22(26)2/h12-17,19,23,29H,6-11,18,20,33-34H2,1-5H3,(H,38,39). The molecule has 0 aliphatic heterocycles. The number of rotatable bonds is 9. The smallest absolute Gasteiger partial charge is 0.310 e. The van der Waals surface area contributed by atoms with E-state index in [1.54, 1.807) is 20.9 Å². The minimum Gasteiger partial charge on any atom is -0.481 e. The third-order valence-electron chi connectivity index (χ3n) is 8.79. The van der Waals surface area contributed by atoms with Gasteiger partial charge < -0.3 is 20.4 Å². The maximum absolute atomic E-state index is 12.6. The van der Waals surface area contributed by atoms with Crippen LogP contribution in [0.25, 0.3) is 0 Å². The van der Waals surface area contributed by atoms with Crippen molar-refractivity contribution in [1.82, 2.24) is 9.55 Å². The lowest BCUT2D eigenvalue weighted by atomic mass is 9.69. The zero-order valence-corrected chi connectivity index (χ0v) is 24.2. The monoisotopic (exact) mass is 531 g/mol. The van der Waals surface area contributed by atoms with Crippen molar-refractivity contribution in [2.75, 3.05) is 17.8 Å². The number of nitrogens with zero attached hydrogens (tertiary/aromatic N) is 3. The molecule has 0 bridgehead atoms. The van der Waals surface area contributed by atoms with E-state index in [0.29, 0.717) is 23.8 Å². The fraction of sp³-hybridized carbons (Fsp3) is 0.500. The van der Waals surface area contributed by atoms with Crippen LogP contribution in [0.4, 0.5) is 11.4 Å². The minimum atomic E-state index is -1.07. The first-order chi connectivity index (χ1) is 18.5. The maximum Gasteiger partial charge on any atom is 0.310 e. The summed E-state index contributed by atoms with van der Waals surface area (Å²) in [6, 6.07) is 10.2. The second kappa shape index (κ2) is 11.8. The van der Waals surface area contributed by atoms with Crippen LogP contribution < -0.4 is 16.6 Å². The fourth-order valence-electron chi connectivity index (χ4n) is 6.18. The summed E-state index contributed by atoms with van der Waals surface area (Å²) in [5, 5.41) is 11.8. The van der Waals surface area contributed by atoms with E-state index in [1.165, 1.54) is 54.7 Å². The first-order valence-electron chi connectivity index (χ1n) is 14.2. The molecule has 39 heavy (non-hydrogen) atoms. The van der Waals surface area contributed by atoms with Crippen molar-refractivity contribution in [2.45, 2.75) is 85.1 Å². The van der Waals surface area contributed by atoms with Crippen molar-refractivity contribution in [2.24, 2.45) is 17.2 Å². The van der Waals surface area contributed by atoms with Crippen molar-refractivity contribution in [3.05, 3.63) is 76.4 Å². The van der Waals surface area contributed by atoms with E-state index >= 15 is 0 Å². The summed E-state index contributed by atoms with van der Waals surface area (Å²) in [6.45, 7) is 8.36. The summed E-state index contributed by atoms with van der Waals surface area (Å²) >= 11 is 0. The van der Waals surface area contributed by atoms with Gasteiger partial charge in [-0.25, -0.2) is 10.8 Å². The number of aromatic nitrogens is 2. The summed E-state index contributed by atoms with van der Waals surface area (Å²) in [7, 11) is 1.75. The van der Waals surface area contributed by atoms with E-state index in [-0.39, 0.29) is 0 Å². The van der Waals surface area contributed by atoms with Crippen LogP contribution in [0.2, 0.25) is 0 Å². The fourth-order valence-corrected chi connectivity index (χ4v) is 6.18. The summed E-state index contributed by atoms with van der Waals surface area (Å²) < 4.78 is 2.27. The number of benzene rings is 2. The second-order valence-corrected chi connectivity index (χ2v) is 12.0. The quantitative estimate of drug-likeness (QED) is 0.131. The lowest BCUT2D eigenvalue weighted by Crippen LogP contribution is -2.33. The maximum atomic E-state index is 12.6. The molecule has 1 aliphatic carbocycles. The first kappa shape index (κ1) is 28.7. The number of imidazole rings is 1. The number of carboxylic acids is 1. The lowest BCUT2D eigenvalue weighted by molar-refractivity contribution is -0.147. The van der Waals surface area contributed by atoms with Crippen LogP contribution in [-0.2, 0) is 17.8 Å². The molecule has 0 amide bonds. The normalized spacial score (nSPS) is 15.6. The van der Waals surface area contributed by atoms with E-state index in [4.69, 9.17) is 16.6 Å². The Morgan fingerprint density at radius 3 is 2.49 bits per heavy atom. The highest BCUT2D eigenvalue weighted by atomic mass is 16.4. The van der Waals surface area contributed by atoms with Crippen molar-refractivity contribution in [1.29, 1.82) is 0 Å². The Morgan fingerprint density at radius 1 is 1.15 bits per heavy atom. The van der Waals surface area contributed by atoms with Gasteiger partial charge in [0.2, 0.25) is 0 Å². The predicted octanol–water partition coefficient (Wildman–Crippen LogP) is 6.20. The van der Waals surface area contributed by atoms with E-state index in [0.717, 1.165) is 28.9 Å². The summed E-state index contributed by atoms with van der Waals surface area (Å²) in [5.74, 6) is 6.57. The van der Waals surface area contributed by atoms with Gasteiger partial charge in [0.15, 0.2) is 0 Å². The van der Waals surface area contributed by atoms with E-state index in [2.05, 4.69) is 35.9 Å². The molecule has 7 heteroatoms. The molecule has 0 saturated heterocycles. The molecule has 7 nitrogen and oxygen atoms in total. The van der Waals surface area contributed by atoms with Gasteiger partial charge in [0, 0.05) is 38.3 Å². The molecule has 2 aromatic carbocycles. The molecule has 1 unspecified atom stereocenters. The summed E-state index contributed by atoms with van der Waals surface area (Å²) in [4.78, 5) is 17.3. The topological polar surface area (TPSA) is 110 Å².